The summed E-state index contributed by atoms with van der Waals surface area (Å²) < 4.78 is 0. The van der Waals surface area contributed by atoms with Crippen LogP contribution in [0.25, 0.3) is 10.2 Å². The van der Waals surface area contributed by atoms with Crippen LogP contribution < -0.4 is 10.6 Å². The highest BCUT2D eigenvalue weighted by Gasteiger charge is 2.31. The zero-order valence-electron chi connectivity index (χ0n) is 11.9. The summed E-state index contributed by atoms with van der Waals surface area (Å²) in [5.74, 6) is 1.42. The number of nitrogens with zero attached hydrogens (tertiary/aromatic N) is 2. The topological polar surface area (TPSA) is 70.1 Å². The fraction of sp³-hybridized carbons (Fsp3) is 0.571. The molecule has 108 valence electrons. The van der Waals surface area contributed by atoms with E-state index < -0.39 is 5.60 Å². The van der Waals surface area contributed by atoms with Gasteiger partial charge in [0.25, 0.3) is 0 Å². The Bertz CT molecular complexity index is 619. The van der Waals surface area contributed by atoms with Crippen molar-refractivity contribution in [2.24, 2.45) is 0 Å². The van der Waals surface area contributed by atoms with Gasteiger partial charge in [0.1, 0.15) is 10.6 Å². The smallest absolute Gasteiger partial charge is 0.225 e. The Kier molecular flexibility index (Phi) is 3.52. The van der Waals surface area contributed by atoms with E-state index in [9.17, 15) is 5.11 Å². The number of aliphatic hydroxyl groups is 1. The van der Waals surface area contributed by atoms with Gasteiger partial charge in [-0.1, -0.05) is 12.8 Å². The second-order valence-electron chi connectivity index (χ2n) is 5.51. The number of rotatable bonds is 4. The van der Waals surface area contributed by atoms with Crippen LogP contribution in [0, 0.1) is 6.92 Å². The van der Waals surface area contributed by atoms with Crippen LogP contribution in [-0.2, 0) is 0 Å². The standard InChI is InChI=1S/C14H20N4OS/c1-9-7-10-11(16-8-14(19)5-3-4-6-14)17-13(15-2)18-12(10)20-9/h7,19H,3-6,8H2,1-2H3,(H2,15,16,17,18). The Hall–Kier alpha value is -1.40. The van der Waals surface area contributed by atoms with Gasteiger partial charge in [0, 0.05) is 18.5 Å². The van der Waals surface area contributed by atoms with Gasteiger partial charge in [-0.2, -0.15) is 4.98 Å². The highest BCUT2D eigenvalue weighted by Crippen LogP contribution is 2.32. The summed E-state index contributed by atoms with van der Waals surface area (Å²) >= 11 is 1.66. The summed E-state index contributed by atoms with van der Waals surface area (Å²) in [6.45, 7) is 2.62. The molecule has 0 unspecified atom stereocenters. The molecule has 0 aromatic carbocycles. The lowest BCUT2D eigenvalue weighted by molar-refractivity contribution is 0.0614. The molecule has 1 aliphatic rings. The minimum absolute atomic E-state index is 0.553. The monoisotopic (exact) mass is 292 g/mol. The van der Waals surface area contributed by atoms with Crippen molar-refractivity contribution in [2.75, 3.05) is 24.2 Å². The van der Waals surface area contributed by atoms with Crippen molar-refractivity contribution in [3.63, 3.8) is 0 Å². The molecular formula is C14H20N4OS. The van der Waals surface area contributed by atoms with Crippen LogP contribution in [0.5, 0.6) is 0 Å². The number of anilines is 2. The van der Waals surface area contributed by atoms with E-state index in [0.29, 0.717) is 12.5 Å². The molecule has 0 saturated heterocycles. The third kappa shape index (κ3) is 2.58. The third-order valence-corrected chi connectivity index (χ3v) is 4.80. The predicted octanol–water partition coefficient (Wildman–Crippen LogP) is 2.76. The fourth-order valence-corrected chi connectivity index (χ4v) is 3.63. The highest BCUT2D eigenvalue weighted by atomic mass is 32.1. The van der Waals surface area contributed by atoms with E-state index >= 15 is 0 Å². The normalized spacial score (nSPS) is 17.6. The number of fused-ring (bicyclic) bond motifs is 1. The van der Waals surface area contributed by atoms with Crippen molar-refractivity contribution in [2.45, 2.75) is 38.2 Å². The largest absolute Gasteiger partial charge is 0.388 e. The van der Waals surface area contributed by atoms with Gasteiger partial charge in [0.05, 0.1) is 11.0 Å². The number of nitrogens with one attached hydrogen (secondary N) is 2. The summed E-state index contributed by atoms with van der Waals surface area (Å²) in [7, 11) is 1.82. The van der Waals surface area contributed by atoms with E-state index in [1.54, 1.807) is 11.3 Å². The molecule has 3 rings (SSSR count). The van der Waals surface area contributed by atoms with Gasteiger partial charge >= 0.3 is 0 Å². The van der Waals surface area contributed by atoms with Crippen molar-refractivity contribution in [1.82, 2.24) is 9.97 Å². The van der Waals surface area contributed by atoms with Gasteiger partial charge in [-0.15, -0.1) is 11.3 Å². The van der Waals surface area contributed by atoms with Crippen LogP contribution in [-0.4, -0.2) is 34.3 Å². The number of aryl methyl sites for hydroxylation is 1. The molecule has 0 amide bonds. The van der Waals surface area contributed by atoms with Gasteiger partial charge < -0.3 is 15.7 Å². The van der Waals surface area contributed by atoms with Crippen molar-refractivity contribution >= 4 is 33.3 Å². The molecule has 1 aliphatic carbocycles. The Morgan fingerprint density at radius 1 is 1.35 bits per heavy atom. The maximum atomic E-state index is 10.4. The van der Waals surface area contributed by atoms with Gasteiger partial charge in [-0.25, -0.2) is 4.98 Å². The molecule has 2 aromatic rings. The summed E-state index contributed by atoms with van der Waals surface area (Å²) in [6, 6.07) is 2.10. The lowest BCUT2D eigenvalue weighted by Gasteiger charge is -2.23. The van der Waals surface area contributed by atoms with Crippen LogP contribution in [0.3, 0.4) is 0 Å². The number of aromatic nitrogens is 2. The molecular weight excluding hydrogens is 272 g/mol. The average Bonchev–Trinajstić information content (AvgIpc) is 3.01. The molecule has 0 radical (unpaired) electrons. The van der Waals surface area contributed by atoms with Gasteiger partial charge in [-0.05, 0) is 25.8 Å². The lowest BCUT2D eigenvalue weighted by atomic mass is 10.0. The molecule has 0 aliphatic heterocycles. The van der Waals surface area contributed by atoms with E-state index in [-0.39, 0.29) is 0 Å². The quantitative estimate of drug-likeness (QED) is 0.808. The van der Waals surface area contributed by atoms with Crippen molar-refractivity contribution in [1.29, 1.82) is 0 Å². The van der Waals surface area contributed by atoms with Crippen molar-refractivity contribution in [3.8, 4) is 0 Å². The number of hydrogen-bond donors (Lipinski definition) is 3. The third-order valence-electron chi connectivity index (χ3n) is 3.86. The van der Waals surface area contributed by atoms with Crippen LogP contribution in [0.1, 0.15) is 30.6 Å². The molecule has 0 spiro atoms. The van der Waals surface area contributed by atoms with E-state index in [0.717, 1.165) is 41.7 Å². The first kappa shape index (κ1) is 13.6. The lowest BCUT2D eigenvalue weighted by Crippen LogP contribution is -2.33. The summed E-state index contributed by atoms with van der Waals surface area (Å²) in [5.41, 5.74) is -0.581. The zero-order valence-corrected chi connectivity index (χ0v) is 12.7. The van der Waals surface area contributed by atoms with E-state index in [1.807, 2.05) is 7.05 Å². The van der Waals surface area contributed by atoms with Gasteiger partial charge in [0.2, 0.25) is 5.95 Å². The SMILES string of the molecule is CNc1nc(NCC2(O)CCCC2)c2cc(C)sc2n1. The average molecular weight is 292 g/mol. The molecule has 5 nitrogen and oxygen atoms in total. The zero-order chi connectivity index (χ0) is 14.2. The Balaban J connectivity index is 1.89. The second kappa shape index (κ2) is 5.18. The van der Waals surface area contributed by atoms with Crippen LogP contribution >= 0.6 is 11.3 Å². The van der Waals surface area contributed by atoms with E-state index in [4.69, 9.17) is 0 Å². The number of thiophene rings is 1. The minimum Gasteiger partial charge on any atom is -0.388 e. The Morgan fingerprint density at radius 3 is 2.80 bits per heavy atom. The molecule has 1 saturated carbocycles. The maximum Gasteiger partial charge on any atom is 0.225 e. The molecule has 2 heterocycles. The first-order chi connectivity index (χ1) is 9.59. The van der Waals surface area contributed by atoms with Crippen molar-refractivity contribution in [3.05, 3.63) is 10.9 Å². The fourth-order valence-electron chi connectivity index (χ4n) is 2.75. The molecule has 6 heteroatoms. The van der Waals surface area contributed by atoms with Gasteiger partial charge in [-0.3, -0.25) is 0 Å². The predicted molar refractivity (Wildman–Crippen MR) is 83.6 cm³/mol. The van der Waals surface area contributed by atoms with Gasteiger partial charge in [0.15, 0.2) is 0 Å². The second-order valence-corrected chi connectivity index (χ2v) is 6.74. The van der Waals surface area contributed by atoms with Crippen LogP contribution in [0.15, 0.2) is 6.07 Å². The highest BCUT2D eigenvalue weighted by molar-refractivity contribution is 7.18. The Morgan fingerprint density at radius 2 is 2.10 bits per heavy atom. The number of hydrogen-bond acceptors (Lipinski definition) is 6. The van der Waals surface area contributed by atoms with E-state index in [2.05, 4.69) is 33.6 Å². The maximum absolute atomic E-state index is 10.4. The van der Waals surface area contributed by atoms with E-state index in [1.165, 1.54) is 4.88 Å². The molecule has 20 heavy (non-hydrogen) atoms. The molecule has 1 fully saturated rings. The summed E-state index contributed by atoms with van der Waals surface area (Å²) in [5, 5.41) is 17.8. The first-order valence-electron chi connectivity index (χ1n) is 7.02. The minimum atomic E-state index is -0.581. The Labute approximate surface area is 122 Å². The summed E-state index contributed by atoms with van der Waals surface area (Å²) in [6.07, 6.45) is 3.96. The summed E-state index contributed by atoms with van der Waals surface area (Å²) in [4.78, 5) is 11.1. The molecule has 2 aromatic heterocycles. The first-order valence-corrected chi connectivity index (χ1v) is 7.83. The molecule has 0 atom stereocenters. The van der Waals surface area contributed by atoms with Crippen LogP contribution in [0.4, 0.5) is 11.8 Å². The van der Waals surface area contributed by atoms with Crippen LogP contribution in [0.2, 0.25) is 0 Å². The molecule has 3 N–H and O–H groups in total. The van der Waals surface area contributed by atoms with Crippen molar-refractivity contribution < 1.29 is 5.11 Å². The molecule has 0 bridgehead atoms.